The second-order valence-electron chi connectivity index (χ2n) is 9.44. The van der Waals surface area contributed by atoms with Crippen LogP contribution in [0.5, 0.6) is 0 Å². The molecule has 2 rings (SSSR count). The Morgan fingerprint density at radius 2 is 1.12 bits per heavy atom. The molecule has 2 aromatic rings. The highest BCUT2D eigenvalue weighted by molar-refractivity contribution is 5.91. The second kappa shape index (κ2) is 17.3. The van der Waals surface area contributed by atoms with E-state index in [0.717, 1.165) is 73.2 Å². The summed E-state index contributed by atoms with van der Waals surface area (Å²) in [6.45, 7) is 8.62. The highest BCUT2D eigenvalue weighted by atomic mass is 16.7. The van der Waals surface area contributed by atoms with Crippen molar-refractivity contribution in [2.24, 2.45) is 0 Å². The Kier molecular flexibility index (Phi) is 13.8. The molecule has 0 unspecified atom stereocenters. The quantitative estimate of drug-likeness (QED) is 0.171. The fraction of sp³-hybridized carbons (Fsp3) is 0.400. The molecule has 4 N–H and O–H groups in total. The summed E-state index contributed by atoms with van der Waals surface area (Å²) in [7, 11) is 0. The summed E-state index contributed by atoms with van der Waals surface area (Å²) in [4.78, 5) is 44.0. The number of carbonyl (C=O) groups is 2. The van der Waals surface area contributed by atoms with Crippen molar-refractivity contribution < 1.29 is 19.3 Å². The predicted octanol–water partition coefficient (Wildman–Crippen LogP) is 4.75. The predicted molar refractivity (Wildman–Crippen MR) is 157 cm³/mol. The third kappa shape index (κ3) is 12.9. The van der Waals surface area contributed by atoms with Gasteiger partial charge < -0.3 is 21.1 Å². The first kappa shape index (κ1) is 31.9. The molecular weight excluding hydrogens is 508 g/mol. The standard InChI is InChI=1S/C30H42N6O4/c1-5-15-35(17-9-7-11-25-19-23(3)21-27(31)33-25)39-29(37)13-14-30(38)40-36(16-6-2)18-10-8-12-26-20-24(4)22-28(32)34-26/h5-6,13-16,19-22H,7-12,17-18H2,1-4H3,(H2,31,33)(H2,32,34)/b14-13+,15-5?,16-6?. The number of aryl methyl sites for hydroxylation is 4. The minimum Gasteiger partial charge on any atom is -0.384 e. The van der Waals surface area contributed by atoms with E-state index in [4.69, 9.17) is 21.1 Å². The van der Waals surface area contributed by atoms with Gasteiger partial charge in [-0.2, -0.15) is 0 Å². The third-order valence-electron chi connectivity index (χ3n) is 5.61. The van der Waals surface area contributed by atoms with Crippen molar-refractivity contribution in [1.29, 1.82) is 0 Å². The molecule has 40 heavy (non-hydrogen) atoms. The summed E-state index contributed by atoms with van der Waals surface area (Å²) in [6, 6.07) is 7.70. The fourth-order valence-electron chi connectivity index (χ4n) is 4.00. The molecule has 2 heterocycles. The first-order valence-corrected chi connectivity index (χ1v) is 13.6. The van der Waals surface area contributed by atoms with Crippen LogP contribution in [0.2, 0.25) is 0 Å². The minimum absolute atomic E-state index is 0.495. The number of nitrogens with zero attached hydrogens (tertiary/aromatic N) is 4. The summed E-state index contributed by atoms with van der Waals surface area (Å²) >= 11 is 0. The van der Waals surface area contributed by atoms with Gasteiger partial charge in [-0.1, -0.05) is 12.2 Å². The van der Waals surface area contributed by atoms with Crippen molar-refractivity contribution in [3.8, 4) is 0 Å². The van der Waals surface area contributed by atoms with Crippen LogP contribution < -0.4 is 11.5 Å². The van der Waals surface area contributed by atoms with Gasteiger partial charge in [0.05, 0.1) is 13.1 Å². The van der Waals surface area contributed by atoms with Gasteiger partial charge in [-0.3, -0.25) is 0 Å². The summed E-state index contributed by atoms with van der Waals surface area (Å²) < 4.78 is 0. The number of allylic oxidation sites excluding steroid dienone is 2. The van der Waals surface area contributed by atoms with Crippen LogP contribution in [0, 0.1) is 13.8 Å². The molecule has 0 aliphatic heterocycles. The van der Waals surface area contributed by atoms with Gasteiger partial charge in [0.1, 0.15) is 11.6 Å². The molecule has 0 aliphatic rings. The molecule has 0 fully saturated rings. The number of pyridine rings is 2. The van der Waals surface area contributed by atoms with E-state index in [1.165, 1.54) is 10.1 Å². The monoisotopic (exact) mass is 550 g/mol. The van der Waals surface area contributed by atoms with Crippen LogP contribution in [0.25, 0.3) is 0 Å². The molecule has 10 heteroatoms. The number of carbonyl (C=O) groups excluding carboxylic acids is 2. The number of rotatable bonds is 16. The van der Waals surface area contributed by atoms with E-state index in [0.29, 0.717) is 24.7 Å². The number of hydrogen-bond acceptors (Lipinski definition) is 10. The smallest absolute Gasteiger partial charge is 0.356 e. The number of hydrogen-bond donors (Lipinski definition) is 2. The average Bonchev–Trinajstić information content (AvgIpc) is 2.87. The Labute approximate surface area is 237 Å². The highest BCUT2D eigenvalue weighted by Crippen LogP contribution is 2.11. The summed E-state index contributed by atoms with van der Waals surface area (Å²) in [6.07, 6.45) is 13.8. The van der Waals surface area contributed by atoms with Crippen molar-refractivity contribution >= 4 is 23.6 Å². The van der Waals surface area contributed by atoms with Crippen molar-refractivity contribution in [2.75, 3.05) is 24.6 Å². The summed E-state index contributed by atoms with van der Waals surface area (Å²) in [5.41, 5.74) is 15.7. The van der Waals surface area contributed by atoms with E-state index in [1.807, 2.05) is 52.0 Å². The number of anilines is 2. The molecule has 2 aromatic heterocycles. The van der Waals surface area contributed by atoms with Crippen LogP contribution >= 0.6 is 0 Å². The van der Waals surface area contributed by atoms with Crippen LogP contribution in [0.4, 0.5) is 11.6 Å². The van der Waals surface area contributed by atoms with E-state index in [1.54, 1.807) is 24.6 Å². The highest BCUT2D eigenvalue weighted by Gasteiger charge is 2.10. The number of nitrogen functional groups attached to an aromatic ring is 2. The normalized spacial score (nSPS) is 11.4. The van der Waals surface area contributed by atoms with Crippen LogP contribution in [-0.4, -0.2) is 45.1 Å². The first-order chi connectivity index (χ1) is 19.2. The Bertz CT molecular complexity index is 1060. The van der Waals surface area contributed by atoms with Crippen molar-refractivity contribution in [3.05, 3.63) is 83.5 Å². The van der Waals surface area contributed by atoms with E-state index < -0.39 is 11.9 Å². The Morgan fingerprint density at radius 3 is 1.48 bits per heavy atom. The van der Waals surface area contributed by atoms with E-state index in [9.17, 15) is 9.59 Å². The first-order valence-electron chi connectivity index (χ1n) is 13.6. The zero-order valence-electron chi connectivity index (χ0n) is 24.0. The lowest BCUT2D eigenvalue weighted by Crippen LogP contribution is -2.24. The molecule has 216 valence electrons. The molecule has 0 atom stereocenters. The zero-order valence-corrected chi connectivity index (χ0v) is 24.0. The second-order valence-corrected chi connectivity index (χ2v) is 9.44. The van der Waals surface area contributed by atoms with Gasteiger partial charge in [-0.25, -0.2) is 29.7 Å². The Morgan fingerprint density at radius 1 is 0.725 bits per heavy atom. The van der Waals surface area contributed by atoms with Crippen LogP contribution in [0.1, 0.15) is 62.0 Å². The molecular formula is C30H42N6O4. The SMILES string of the molecule is CC=CN(CCCCc1cc(C)cc(N)n1)OC(=O)/C=C/C(=O)ON(C=CC)CCCCc1cc(C)cc(N)n1. The lowest BCUT2D eigenvalue weighted by Gasteiger charge is -2.19. The van der Waals surface area contributed by atoms with Gasteiger partial charge in [0.25, 0.3) is 0 Å². The number of unbranched alkanes of at least 4 members (excludes halogenated alkanes) is 2. The molecule has 0 saturated carbocycles. The fourth-order valence-corrected chi connectivity index (χ4v) is 4.00. The van der Waals surface area contributed by atoms with Gasteiger partial charge in [-0.05, 0) is 102 Å². The maximum absolute atomic E-state index is 12.3. The molecule has 0 aliphatic carbocycles. The van der Waals surface area contributed by atoms with E-state index in [2.05, 4.69) is 9.97 Å². The van der Waals surface area contributed by atoms with E-state index >= 15 is 0 Å². The van der Waals surface area contributed by atoms with E-state index in [-0.39, 0.29) is 0 Å². The van der Waals surface area contributed by atoms with Crippen LogP contribution in [0.15, 0.2) is 61.0 Å². The number of nitrogens with two attached hydrogens (primary N) is 2. The van der Waals surface area contributed by atoms with Gasteiger partial charge in [0.15, 0.2) is 0 Å². The third-order valence-corrected chi connectivity index (χ3v) is 5.61. The molecule has 10 nitrogen and oxygen atoms in total. The summed E-state index contributed by atoms with van der Waals surface area (Å²) in [5.74, 6) is -0.322. The average molecular weight is 551 g/mol. The Balaban J connectivity index is 1.75. The maximum atomic E-state index is 12.3. The molecule has 0 saturated heterocycles. The number of aromatic nitrogens is 2. The number of hydroxylamine groups is 4. The van der Waals surface area contributed by atoms with Gasteiger partial charge >= 0.3 is 11.9 Å². The molecule has 0 amide bonds. The maximum Gasteiger partial charge on any atom is 0.356 e. The molecule has 0 bridgehead atoms. The van der Waals surface area contributed by atoms with Gasteiger partial charge in [-0.15, -0.1) is 0 Å². The van der Waals surface area contributed by atoms with Crippen molar-refractivity contribution in [2.45, 2.75) is 66.2 Å². The summed E-state index contributed by atoms with van der Waals surface area (Å²) in [5, 5.41) is 2.89. The van der Waals surface area contributed by atoms with Crippen LogP contribution in [0.3, 0.4) is 0 Å². The Hall–Kier alpha value is -4.34. The van der Waals surface area contributed by atoms with Gasteiger partial charge in [0.2, 0.25) is 0 Å². The minimum atomic E-state index is -0.675. The van der Waals surface area contributed by atoms with Crippen molar-refractivity contribution in [3.63, 3.8) is 0 Å². The zero-order chi connectivity index (χ0) is 29.3. The van der Waals surface area contributed by atoms with Crippen LogP contribution in [-0.2, 0) is 32.1 Å². The molecule has 0 spiro atoms. The largest absolute Gasteiger partial charge is 0.384 e. The molecule has 0 aromatic carbocycles. The lowest BCUT2D eigenvalue weighted by molar-refractivity contribution is -0.174. The van der Waals surface area contributed by atoms with Crippen molar-refractivity contribution in [1.82, 2.24) is 20.1 Å². The lowest BCUT2D eigenvalue weighted by atomic mass is 10.1. The molecule has 0 radical (unpaired) electrons. The topological polar surface area (TPSA) is 137 Å². The van der Waals surface area contributed by atoms with Gasteiger partial charge in [0, 0.05) is 35.9 Å².